The average molecular weight is 310 g/mol. The normalized spacial score (nSPS) is 11.6. The molecule has 0 heterocycles. The highest BCUT2D eigenvalue weighted by Crippen LogP contribution is 2.21. The maximum absolute atomic E-state index is 10.6. The fraction of sp³-hybridized carbons (Fsp3) is 0.167. The molecule has 118 valence electrons. The van der Waals surface area contributed by atoms with E-state index < -0.39 is 5.97 Å². The van der Waals surface area contributed by atoms with Gasteiger partial charge in [0.05, 0.1) is 18.0 Å². The largest absolute Gasteiger partial charge is 0.493 e. The zero-order chi connectivity index (χ0) is 16.5. The number of benzene rings is 2. The van der Waals surface area contributed by atoms with Crippen molar-refractivity contribution < 1.29 is 14.6 Å². The van der Waals surface area contributed by atoms with Crippen LogP contribution in [0.3, 0.4) is 0 Å². The Morgan fingerprint density at radius 2 is 1.65 bits per heavy atom. The summed E-state index contributed by atoms with van der Waals surface area (Å²) in [6, 6.07) is 16.8. The van der Waals surface area contributed by atoms with Gasteiger partial charge in [-0.25, -0.2) is 4.79 Å². The first kappa shape index (κ1) is 16.4. The Morgan fingerprint density at radius 1 is 1.04 bits per heavy atom. The zero-order valence-corrected chi connectivity index (χ0v) is 12.8. The second kappa shape index (κ2) is 8.48. The lowest BCUT2D eigenvalue weighted by Gasteiger charge is -2.04. The minimum Gasteiger partial charge on any atom is -0.493 e. The lowest BCUT2D eigenvalue weighted by atomic mass is 10.2. The van der Waals surface area contributed by atoms with Gasteiger partial charge in [-0.2, -0.15) is 10.2 Å². The van der Waals surface area contributed by atoms with Crippen LogP contribution in [0, 0.1) is 0 Å². The number of aliphatic carboxylic acids is 1. The molecule has 0 aliphatic rings. The molecular formula is C18H18N2O3. The van der Waals surface area contributed by atoms with Gasteiger partial charge in [-0.3, -0.25) is 0 Å². The van der Waals surface area contributed by atoms with Crippen LogP contribution in [0.15, 0.2) is 76.5 Å². The number of rotatable bonds is 7. The van der Waals surface area contributed by atoms with E-state index >= 15 is 0 Å². The molecule has 0 amide bonds. The second-order valence-electron chi connectivity index (χ2n) is 4.86. The Hall–Kier alpha value is -2.95. The van der Waals surface area contributed by atoms with Crippen LogP contribution in [-0.2, 0) is 4.79 Å². The molecule has 0 fully saturated rings. The first-order valence-corrected chi connectivity index (χ1v) is 7.25. The van der Waals surface area contributed by atoms with E-state index in [1.165, 1.54) is 0 Å². The highest BCUT2D eigenvalue weighted by atomic mass is 16.5. The van der Waals surface area contributed by atoms with E-state index in [4.69, 9.17) is 9.84 Å². The molecule has 0 atom stereocenters. The summed E-state index contributed by atoms with van der Waals surface area (Å²) in [7, 11) is 0. The Kier molecular flexibility index (Phi) is 6.06. The van der Waals surface area contributed by atoms with E-state index in [9.17, 15) is 4.79 Å². The number of hydrogen-bond donors (Lipinski definition) is 1. The maximum Gasteiger partial charge on any atom is 0.330 e. The van der Waals surface area contributed by atoms with Gasteiger partial charge >= 0.3 is 5.97 Å². The third-order valence-electron chi connectivity index (χ3n) is 3.05. The average Bonchev–Trinajstić information content (AvgIpc) is 2.58. The van der Waals surface area contributed by atoms with Gasteiger partial charge in [0.2, 0.25) is 0 Å². The van der Waals surface area contributed by atoms with E-state index in [-0.39, 0.29) is 0 Å². The Balaban J connectivity index is 1.84. The summed E-state index contributed by atoms with van der Waals surface area (Å²) in [6.07, 6.45) is 2.19. The predicted molar refractivity (Wildman–Crippen MR) is 88.6 cm³/mol. The smallest absolute Gasteiger partial charge is 0.330 e. The molecule has 2 aromatic rings. The van der Waals surface area contributed by atoms with Gasteiger partial charge in [-0.05, 0) is 43.3 Å². The van der Waals surface area contributed by atoms with Crippen LogP contribution < -0.4 is 4.74 Å². The van der Waals surface area contributed by atoms with Crippen LogP contribution in [0.2, 0.25) is 0 Å². The van der Waals surface area contributed by atoms with Gasteiger partial charge in [0, 0.05) is 12.0 Å². The maximum atomic E-state index is 10.6. The summed E-state index contributed by atoms with van der Waals surface area (Å²) in [6.45, 7) is 1.99. The molecule has 1 N–H and O–H groups in total. The van der Waals surface area contributed by atoms with Gasteiger partial charge in [-0.1, -0.05) is 24.3 Å². The predicted octanol–water partition coefficient (Wildman–Crippen LogP) is 4.90. The van der Waals surface area contributed by atoms with Crippen molar-refractivity contribution >= 4 is 17.3 Å². The molecule has 0 unspecified atom stereocenters. The number of carboxylic acid groups (broad SMARTS) is 1. The van der Waals surface area contributed by atoms with Crippen molar-refractivity contribution in [1.82, 2.24) is 0 Å². The van der Waals surface area contributed by atoms with Crippen LogP contribution in [-0.4, -0.2) is 17.7 Å². The Labute approximate surface area is 135 Å². The topological polar surface area (TPSA) is 71.2 Å². The molecule has 5 heteroatoms. The minimum atomic E-state index is -0.905. The van der Waals surface area contributed by atoms with Gasteiger partial charge < -0.3 is 9.84 Å². The summed E-state index contributed by atoms with van der Waals surface area (Å²) in [5.41, 5.74) is 1.86. The second-order valence-corrected chi connectivity index (χ2v) is 4.86. The van der Waals surface area contributed by atoms with Crippen LogP contribution in [0.1, 0.15) is 13.3 Å². The van der Waals surface area contributed by atoms with Gasteiger partial charge in [0.25, 0.3) is 0 Å². The third kappa shape index (κ3) is 5.74. The van der Waals surface area contributed by atoms with Crippen molar-refractivity contribution in [3.63, 3.8) is 0 Å². The van der Waals surface area contributed by atoms with Crippen LogP contribution in [0.4, 0.5) is 11.4 Å². The molecule has 2 rings (SSSR count). The number of carboxylic acids is 1. The molecule has 5 nitrogen and oxygen atoms in total. The van der Waals surface area contributed by atoms with Gasteiger partial charge in [0.15, 0.2) is 0 Å². The number of carbonyl (C=O) groups is 1. The van der Waals surface area contributed by atoms with Crippen molar-refractivity contribution in [2.45, 2.75) is 13.3 Å². The molecule has 0 aromatic heterocycles. The molecule has 0 aliphatic carbocycles. The molecule has 0 bridgehead atoms. The Bertz CT molecular complexity index is 692. The van der Waals surface area contributed by atoms with E-state index in [2.05, 4.69) is 10.2 Å². The summed E-state index contributed by atoms with van der Waals surface area (Å²) in [4.78, 5) is 10.6. The first-order valence-electron chi connectivity index (χ1n) is 7.25. The molecule has 0 radical (unpaired) electrons. The molecule has 0 saturated heterocycles. The standard InChI is InChI=1S/C18H18N2O3/c1-14(18(21)22)6-5-13-23-17-11-9-16(10-12-17)20-19-15-7-3-2-4-8-15/h2-4,6-12H,5,13H2,1H3,(H,21,22). The van der Waals surface area contributed by atoms with Crippen LogP contribution >= 0.6 is 0 Å². The lowest BCUT2D eigenvalue weighted by molar-refractivity contribution is -0.132. The quantitative estimate of drug-likeness (QED) is 0.449. The monoisotopic (exact) mass is 310 g/mol. The van der Waals surface area contributed by atoms with Crippen LogP contribution in [0.5, 0.6) is 5.75 Å². The van der Waals surface area contributed by atoms with Crippen molar-refractivity contribution in [3.8, 4) is 5.75 Å². The lowest BCUT2D eigenvalue weighted by Crippen LogP contribution is -1.99. The van der Waals surface area contributed by atoms with Gasteiger partial charge in [-0.15, -0.1) is 0 Å². The molecule has 0 saturated carbocycles. The number of azo groups is 1. The van der Waals surface area contributed by atoms with Crippen molar-refractivity contribution in [2.75, 3.05) is 6.61 Å². The fourth-order valence-corrected chi connectivity index (χ4v) is 1.76. The Morgan fingerprint density at radius 3 is 2.26 bits per heavy atom. The van der Waals surface area contributed by atoms with Crippen molar-refractivity contribution in [1.29, 1.82) is 0 Å². The summed E-state index contributed by atoms with van der Waals surface area (Å²) in [5.74, 6) is -0.192. The summed E-state index contributed by atoms with van der Waals surface area (Å²) < 4.78 is 5.54. The number of hydrogen-bond acceptors (Lipinski definition) is 4. The number of nitrogens with zero attached hydrogens (tertiary/aromatic N) is 2. The van der Waals surface area contributed by atoms with Gasteiger partial charge in [0.1, 0.15) is 5.75 Å². The zero-order valence-electron chi connectivity index (χ0n) is 12.8. The summed E-state index contributed by atoms with van der Waals surface area (Å²) >= 11 is 0. The highest BCUT2D eigenvalue weighted by Gasteiger charge is 1.99. The van der Waals surface area contributed by atoms with Crippen molar-refractivity contribution in [2.24, 2.45) is 10.2 Å². The van der Waals surface area contributed by atoms with Crippen molar-refractivity contribution in [3.05, 3.63) is 66.2 Å². The third-order valence-corrected chi connectivity index (χ3v) is 3.05. The van der Waals surface area contributed by atoms with Crippen LogP contribution in [0.25, 0.3) is 0 Å². The molecule has 23 heavy (non-hydrogen) atoms. The first-order chi connectivity index (χ1) is 11.1. The molecular weight excluding hydrogens is 292 g/mol. The minimum absolute atomic E-state index is 0.324. The van der Waals surface area contributed by atoms with E-state index in [0.717, 1.165) is 11.4 Å². The molecule has 0 spiro atoms. The van der Waals surface area contributed by atoms with E-state index in [1.807, 2.05) is 54.6 Å². The number of ether oxygens (including phenoxy) is 1. The summed E-state index contributed by atoms with van der Waals surface area (Å²) in [5, 5.41) is 17.0. The molecule has 0 aliphatic heterocycles. The molecule has 2 aromatic carbocycles. The van der Waals surface area contributed by atoms with E-state index in [0.29, 0.717) is 24.4 Å². The SMILES string of the molecule is CC(=CCCOc1ccc(N=Nc2ccccc2)cc1)C(=O)O. The fourth-order valence-electron chi connectivity index (χ4n) is 1.76. The van der Waals surface area contributed by atoms with E-state index in [1.54, 1.807) is 13.0 Å². The highest BCUT2D eigenvalue weighted by molar-refractivity contribution is 5.85.